The SMILES string of the molecule is CC(=NO)c1ccccc1Cl. The molecule has 0 aromatic heterocycles. The summed E-state index contributed by atoms with van der Waals surface area (Å²) < 4.78 is 0. The minimum atomic E-state index is 0.524. The average molecular weight is 170 g/mol. The maximum Gasteiger partial charge on any atom is 0.0851 e. The molecule has 58 valence electrons. The highest BCUT2D eigenvalue weighted by molar-refractivity contribution is 6.34. The van der Waals surface area contributed by atoms with E-state index >= 15 is 0 Å². The highest BCUT2D eigenvalue weighted by Gasteiger charge is 2.00. The monoisotopic (exact) mass is 169 g/mol. The van der Waals surface area contributed by atoms with E-state index in [0.717, 1.165) is 5.56 Å². The zero-order valence-electron chi connectivity index (χ0n) is 6.08. The fourth-order valence-corrected chi connectivity index (χ4v) is 1.08. The van der Waals surface area contributed by atoms with Gasteiger partial charge in [0.15, 0.2) is 0 Å². The Bertz CT molecular complexity index is 283. The third kappa shape index (κ3) is 1.71. The van der Waals surface area contributed by atoms with E-state index in [-0.39, 0.29) is 0 Å². The summed E-state index contributed by atoms with van der Waals surface area (Å²) in [4.78, 5) is 0. The first-order valence-electron chi connectivity index (χ1n) is 3.19. The fourth-order valence-electron chi connectivity index (χ4n) is 0.808. The molecule has 0 radical (unpaired) electrons. The first kappa shape index (κ1) is 8.08. The Morgan fingerprint density at radius 2 is 2.09 bits per heavy atom. The van der Waals surface area contributed by atoms with Crippen LogP contribution in [0.4, 0.5) is 0 Å². The Kier molecular flexibility index (Phi) is 2.49. The van der Waals surface area contributed by atoms with Crippen molar-refractivity contribution in [2.24, 2.45) is 5.16 Å². The minimum absolute atomic E-state index is 0.524. The molecule has 0 saturated carbocycles. The molecule has 0 atom stereocenters. The number of benzene rings is 1. The summed E-state index contributed by atoms with van der Waals surface area (Å²) in [6.07, 6.45) is 0. The summed E-state index contributed by atoms with van der Waals surface area (Å²) >= 11 is 5.81. The predicted octanol–water partition coefficient (Wildman–Crippen LogP) is 2.54. The molecule has 1 aromatic carbocycles. The summed E-state index contributed by atoms with van der Waals surface area (Å²) in [5, 5.41) is 12.1. The van der Waals surface area contributed by atoms with Crippen molar-refractivity contribution >= 4 is 17.3 Å². The van der Waals surface area contributed by atoms with E-state index in [0.29, 0.717) is 10.7 Å². The van der Waals surface area contributed by atoms with Crippen LogP contribution in [0.5, 0.6) is 0 Å². The number of oxime groups is 1. The van der Waals surface area contributed by atoms with Gasteiger partial charge < -0.3 is 5.21 Å². The lowest BCUT2D eigenvalue weighted by Crippen LogP contribution is -1.94. The molecule has 1 aromatic rings. The number of rotatable bonds is 1. The van der Waals surface area contributed by atoms with Gasteiger partial charge in [0.1, 0.15) is 0 Å². The van der Waals surface area contributed by atoms with E-state index in [4.69, 9.17) is 16.8 Å². The summed E-state index contributed by atoms with van der Waals surface area (Å²) in [7, 11) is 0. The molecule has 0 aliphatic carbocycles. The molecule has 3 heteroatoms. The van der Waals surface area contributed by atoms with Crippen molar-refractivity contribution in [2.75, 3.05) is 0 Å². The predicted molar refractivity (Wildman–Crippen MR) is 45.4 cm³/mol. The van der Waals surface area contributed by atoms with Crippen molar-refractivity contribution in [3.05, 3.63) is 34.9 Å². The van der Waals surface area contributed by atoms with Crippen LogP contribution in [0.25, 0.3) is 0 Å². The number of halogens is 1. The first-order chi connectivity index (χ1) is 5.25. The van der Waals surface area contributed by atoms with E-state index in [2.05, 4.69) is 5.16 Å². The largest absolute Gasteiger partial charge is 0.411 e. The average Bonchev–Trinajstić information content (AvgIpc) is 2.04. The Hall–Kier alpha value is -1.02. The summed E-state index contributed by atoms with van der Waals surface area (Å²) in [5.41, 5.74) is 1.28. The van der Waals surface area contributed by atoms with Crippen molar-refractivity contribution in [1.29, 1.82) is 0 Å². The third-order valence-electron chi connectivity index (χ3n) is 1.41. The maximum atomic E-state index is 8.44. The normalized spacial score (nSPS) is 11.6. The van der Waals surface area contributed by atoms with Gasteiger partial charge in [-0.3, -0.25) is 0 Å². The van der Waals surface area contributed by atoms with Crippen LogP contribution >= 0.6 is 11.6 Å². The summed E-state index contributed by atoms with van der Waals surface area (Å²) in [6.45, 7) is 1.70. The Morgan fingerprint density at radius 3 is 2.64 bits per heavy atom. The van der Waals surface area contributed by atoms with Crippen LogP contribution in [0.2, 0.25) is 5.02 Å². The van der Waals surface area contributed by atoms with Crippen LogP contribution in [-0.4, -0.2) is 10.9 Å². The van der Waals surface area contributed by atoms with Crippen LogP contribution in [0, 0.1) is 0 Å². The topological polar surface area (TPSA) is 32.6 Å². The zero-order valence-corrected chi connectivity index (χ0v) is 6.84. The number of nitrogens with zero attached hydrogens (tertiary/aromatic N) is 1. The fraction of sp³-hybridized carbons (Fsp3) is 0.125. The standard InChI is InChI=1S/C8H8ClNO/c1-6(10-11)7-4-2-3-5-8(7)9/h2-5,11H,1H3. The lowest BCUT2D eigenvalue weighted by Gasteiger charge is -1.99. The Morgan fingerprint density at radius 1 is 1.45 bits per heavy atom. The molecule has 0 aliphatic heterocycles. The molecule has 11 heavy (non-hydrogen) atoms. The lowest BCUT2D eigenvalue weighted by molar-refractivity contribution is 0.319. The molecule has 0 spiro atoms. The van der Waals surface area contributed by atoms with E-state index in [1.54, 1.807) is 19.1 Å². The van der Waals surface area contributed by atoms with Gasteiger partial charge in [0.05, 0.1) is 5.71 Å². The molecule has 0 saturated heterocycles. The van der Waals surface area contributed by atoms with E-state index in [1.165, 1.54) is 0 Å². The molecule has 1 N–H and O–H groups in total. The number of hydrogen-bond acceptors (Lipinski definition) is 2. The highest BCUT2D eigenvalue weighted by Crippen LogP contribution is 2.15. The van der Waals surface area contributed by atoms with Crippen LogP contribution < -0.4 is 0 Å². The van der Waals surface area contributed by atoms with E-state index in [9.17, 15) is 0 Å². The van der Waals surface area contributed by atoms with E-state index < -0.39 is 0 Å². The second-order valence-electron chi connectivity index (χ2n) is 2.17. The van der Waals surface area contributed by atoms with Crippen LogP contribution in [0.1, 0.15) is 12.5 Å². The van der Waals surface area contributed by atoms with Crippen molar-refractivity contribution < 1.29 is 5.21 Å². The van der Waals surface area contributed by atoms with Gasteiger partial charge in [0.2, 0.25) is 0 Å². The smallest absolute Gasteiger partial charge is 0.0851 e. The van der Waals surface area contributed by atoms with Crippen molar-refractivity contribution in [3.63, 3.8) is 0 Å². The van der Waals surface area contributed by atoms with Crippen molar-refractivity contribution in [1.82, 2.24) is 0 Å². The molecule has 0 aliphatic rings. The molecular weight excluding hydrogens is 162 g/mol. The molecule has 0 bridgehead atoms. The molecule has 0 amide bonds. The maximum absolute atomic E-state index is 8.44. The Balaban J connectivity index is 3.14. The third-order valence-corrected chi connectivity index (χ3v) is 1.74. The second kappa shape index (κ2) is 3.39. The molecular formula is C8H8ClNO. The van der Waals surface area contributed by atoms with Gasteiger partial charge in [-0.05, 0) is 13.0 Å². The highest BCUT2D eigenvalue weighted by atomic mass is 35.5. The van der Waals surface area contributed by atoms with Gasteiger partial charge in [0, 0.05) is 10.6 Å². The summed E-state index contributed by atoms with van der Waals surface area (Å²) in [5.74, 6) is 0. The van der Waals surface area contributed by atoms with Gasteiger partial charge >= 0.3 is 0 Å². The Labute approximate surface area is 70.1 Å². The molecule has 0 heterocycles. The first-order valence-corrected chi connectivity index (χ1v) is 3.57. The molecule has 0 unspecified atom stereocenters. The van der Waals surface area contributed by atoms with Gasteiger partial charge in [0.25, 0.3) is 0 Å². The quantitative estimate of drug-likeness (QED) is 0.391. The molecule has 2 nitrogen and oxygen atoms in total. The van der Waals surface area contributed by atoms with Crippen LogP contribution in [0.15, 0.2) is 29.4 Å². The van der Waals surface area contributed by atoms with Crippen LogP contribution in [-0.2, 0) is 0 Å². The van der Waals surface area contributed by atoms with Crippen molar-refractivity contribution in [3.8, 4) is 0 Å². The van der Waals surface area contributed by atoms with Gasteiger partial charge in [-0.2, -0.15) is 0 Å². The van der Waals surface area contributed by atoms with Crippen LogP contribution in [0.3, 0.4) is 0 Å². The minimum Gasteiger partial charge on any atom is -0.411 e. The lowest BCUT2D eigenvalue weighted by atomic mass is 10.1. The van der Waals surface area contributed by atoms with Crippen molar-refractivity contribution in [2.45, 2.75) is 6.92 Å². The second-order valence-corrected chi connectivity index (χ2v) is 2.57. The number of hydrogen-bond donors (Lipinski definition) is 1. The van der Waals surface area contributed by atoms with Gasteiger partial charge in [-0.15, -0.1) is 0 Å². The zero-order chi connectivity index (χ0) is 8.27. The van der Waals surface area contributed by atoms with Gasteiger partial charge in [-0.1, -0.05) is 35.0 Å². The van der Waals surface area contributed by atoms with Gasteiger partial charge in [-0.25, -0.2) is 0 Å². The molecule has 1 rings (SSSR count). The summed E-state index contributed by atoms with van der Waals surface area (Å²) in [6, 6.07) is 7.23. The van der Waals surface area contributed by atoms with E-state index in [1.807, 2.05) is 12.1 Å². The molecule has 0 fully saturated rings.